The summed E-state index contributed by atoms with van der Waals surface area (Å²) < 4.78 is 36.6. The van der Waals surface area contributed by atoms with Gasteiger partial charge >= 0.3 is 0 Å². The minimum Gasteiger partial charge on any atom is -0.350 e. The maximum absolute atomic E-state index is 11.9. The molecular formula is C11H21NO4S. The average molecular weight is 263 g/mol. The molecule has 0 aromatic carbocycles. The zero-order valence-electron chi connectivity index (χ0n) is 10.9. The third-order valence-corrected chi connectivity index (χ3v) is 5.60. The van der Waals surface area contributed by atoms with Gasteiger partial charge in [0.05, 0.1) is 18.5 Å². The predicted octanol–water partition coefficient (Wildman–Crippen LogP) is 0.809. The van der Waals surface area contributed by atoms with Crippen LogP contribution < -0.4 is 0 Å². The molecule has 0 aromatic rings. The van der Waals surface area contributed by atoms with Gasteiger partial charge < -0.3 is 9.47 Å². The van der Waals surface area contributed by atoms with Crippen LogP contribution in [0.25, 0.3) is 0 Å². The Bertz CT molecular complexity index is 384. The molecule has 2 aliphatic heterocycles. The molecule has 0 amide bonds. The molecule has 2 saturated heterocycles. The lowest BCUT2D eigenvalue weighted by Gasteiger charge is -2.53. The Hall–Kier alpha value is -0.170. The molecular weight excluding hydrogens is 242 g/mol. The molecule has 5 nitrogen and oxygen atoms in total. The molecule has 0 N–H and O–H groups in total. The van der Waals surface area contributed by atoms with Crippen molar-refractivity contribution >= 4 is 10.0 Å². The van der Waals surface area contributed by atoms with Gasteiger partial charge in [-0.2, -0.15) is 0 Å². The highest BCUT2D eigenvalue weighted by Gasteiger charge is 2.52. The van der Waals surface area contributed by atoms with E-state index in [1.165, 1.54) is 4.31 Å². The lowest BCUT2D eigenvalue weighted by atomic mass is 9.82. The number of nitrogens with zero attached hydrogens (tertiary/aromatic N) is 1. The average Bonchev–Trinajstić information content (AvgIpc) is 2.14. The third kappa shape index (κ3) is 2.36. The number of hydrogen-bond donors (Lipinski definition) is 0. The smallest absolute Gasteiger partial charge is 0.216 e. The second-order valence-corrected chi connectivity index (χ2v) is 8.33. The molecule has 0 aliphatic carbocycles. The van der Waals surface area contributed by atoms with Gasteiger partial charge in [0.1, 0.15) is 0 Å². The molecule has 17 heavy (non-hydrogen) atoms. The summed E-state index contributed by atoms with van der Waals surface area (Å²) in [4.78, 5) is 0. The van der Waals surface area contributed by atoms with Crippen LogP contribution in [0.15, 0.2) is 0 Å². The van der Waals surface area contributed by atoms with E-state index in [1.807, 2.05) is 13.8 Å². The zero-order valence-corrected chi connectivity index (χ0v) is 11.7. The molecule has 2 heterocycles. The van der Waals surface area contributed by atoms with E-state index in [0.717, 1.165) is 0 Å². The fraction of sp³-hybridized carbons (Fsp3) is 1.00. The maximum Gasteiger partial charge on any atom is 0.216 e. The van der Waals surface area contributed by atoms with Crippen molar-refractivity contribution in [3.8, 4) is 0 Å². The van der Waals surface area contributed by atoms with Crippen LogP contribution >= 0.6 is 0 Å². The molecule has 0 saturated carbocycles. The van der Waals surface area contributed by atoms with E-state index in [4.69, 9.17) is 9.47 Å². The van der Waals surface area contributed by atoms with Gasteiger partial charge in [-0.05, 0) is 27.7 Å². The quantitative estimate of drug-likeness (QED) is 0.740. The third-order valence-electron chi connectivity index (χ3n) is 3.43. The van der Waals surface area contributed by atoms with Crippen molar-refractivity contribution in [1.29, 1.82) is 0 Å². The fourth-order valence-corrected chi connectivity index (χ4v) is 3.60. The van der Waals surface area contributed by atoms with Crippen molar-refractivity contribution in [2.75, 3.05) is 26.3 Å². The molecule has 2 aliphatic rings. The van der Waals surface area contributed by atoms with Gasteiger partial charge in [-0.15, -0.1) is 0 Å². The summed E-state index contributed by atoms with van der Waals surface area (Å²) in [6.07, 6.45) is 0. The van der Waals surface area contributed by atoms with Crippen molar-refractivity contribution in [2.45, 2.75) is 38.7 Å². The van der Waals surface area contributed by atoms with Gasteiger partial charge in [0.25, 0.3) is 0 Å². The van der Waals surface area contributed by atoms with E-state index in [-0.39, 0.29) is 10.7 Å². The van der Waals surface area contributed by atoms with E-state index in [2.05, 4.69) is 0 Å². The van der Waals surface area contributed by atoms with Crippen molar-refractivity contribution in [1.82, 2.24) is 4.31 Å². The SMILES string of the molecule is CC(C)S(=O)(=O)N1CC2(COC(C)(C)OC2)C1. The number of ether oxygens (including phenoxy) is 2. The van der Waals surface area contributed by atoms with Gasteiger partial charge in [-0.3, -0.25) is 0 Å². The Labute approximate surface area is 103 Å². The summed E-state index contributed by atoms with van der Waals surface area (Å²) in [6.45, 7) is 9.35. The standard InChI is InChI=1S/C11H21NO4S/c1-9(2)17(13,14)12-5-11(6-12)7-15-10(3,4)16-8-11/h9H,5-8H2,1-4H3. The van der Waals surface area contributed by atoms with Gasteiger partial charge in [0, 0.05) is 18.5 Å². The van der Waals surface area contributed by atoms with Crippen LogP contribution in [-0.4, -0.2) is 50.1 Å². The Morgan fingerprint density at radius 1 is 1.12 bits per heavy atom. The number of sulfonamides is 1. The topological polar surface area (TPSA) is 55.8 Å². The van der Waals surface area contributed by atoms with Crippen LogP contribution in [0.4, 0.5) is 0 Å². The highest BCUT2D eigenvalue weighted by atomic mass is 32.2. The Kier molecular flexibility index (Phi) is 3.05. The first-order valence-electron chi connectivity index (χ1n) is 5.94. The van der Waals surface area contributed by atoms with Crippen LogP contribution in [0.2, 0.25) is 0 Å². The van der Waals surface area contributed by atoms with Crippen molar-refractivity contribution in [3.05, 3.63) is 0 Å². The number of hydrogen-bond acceptors (Lipinski definition) is 4. The minimum absolute atomic E-state index is 0.127. The molecule has 0 unspecified atom stereocenters. The zero-order chi connectivity index (χ0) is 12.9. The van der Waals surface area contributed by atoms with Gasteiger partial charge in [0.2, 0.25) is 10.0 Å². The second kappa shape index (κ2) is 3.91. The van der Waals surface area contributed by atoms with E-state index in [1.54, 1.807) is 13.8 Å². The van der Waals surface area contributed by atoms with E-state index >= 15 is 0 Å². The predicted molar refractivity (Wildman–Crippen MR) is 64.0 cm³/mol. The molecule has 0 radical (unpaired) electrons. The normalized spacial score (nSPS) is 28.3. The first kappa shape index (κ1) is 13.3. The van der Waals surface area contributed by atoms with Crippen LogP contribution in [-0.2, 0) is 19.5 Å². The fourth-order valence-electron chi connectivity index (χ4n) is 2.10. The Morgan fingerprint density at radius 3 is 2.00 bits per heavy atom. The molecule has 0 aromatic heterocycles. The van der Waals surface area contributed by atoms with Gasteiger partial charge in [-0.25, -0.2) is 12.7 Å². The lowest BCUT2D eigenvalue weighted by molar-refractivity contribution is -0.299. The first-order chi connectivity index (χ1) is 7.67. The summed E-state index contributed by atoms with van der Waals surface area (Å²) in [5.74, 6) is -0.539. The molecule has 2 rings (SSSR count). The van der Waals surface area contributed by atoms with Crippen molar-refractivity contribution in [2.24, 2.45) is 5.41 Å². The molecule has 0 atom stereocenters. The monoisotopic (exact) mass is 263 g/mol. The van der Waals surface area contributed by atoms with Crippen molar-refractivity contribution < 1.29 is 17.9 Å². The van der Waals surface area contributed by atoms with E-state index in [0.29, 0.717) is 26.3 Å². The lowest BCUT2D eigenvalue weighted by Crippen LogP contribution is -2.66. The maximum atomic E-state index is 11.9. The van der Waals surface area contributed by atoms with Crippen LogP contribution in [0, 0.1) is 5.41 Å². The largest absolute Gasteiger partial charge is 0.350 e. The van der Waals surface area contributed by atoms with E-state index in [9.17, 15) is 8.42 Å². The minimum atomic E-state index is -3.12. The van der Waals surface area contributed by atoms with Crippen molar-refractivity contribution in [3.63, 3.8) is 0 Å². The summed E-state index contributed by atoms with van der Waals surface area (Å²) in [7, 11) is -3.12. The molecule has 0 bridgehead atoms. The second-order valence-electron chi connectivity index (χ2n) is 5.84. The van der Waals surface area contributed by atoms with Crippen LogP contribution in [0.1, 0.15) is 27.7 Å². The highest BCUT2D eigenvalue weighted by molar-refractivity contribution is 7.89. The Balaban J connectivity index is 1.96. The van der Waals surface area contributed by atoms with Gasteiger partial charge in [-0.1, -0.05) is 0 Å². The number of rotatable bonds is 2. The molecule has 100 valence electrons. The molecule has 2 fully saturated rings. The van der Waals surface area contributed by atoms with E-state index < -0.39 is 15.8 Å². The Morgan fingerprint density at radius 2 is 1.59 bits per heavy atom. The summed E-state index contributed by atoms with van der Waals surface area (Å²) in [6, 6.07) is 0. The highest BCUT2D eigenvalue weighted by Crippen LogP contribution is 2.39. The van der Waals surface area contributed by atoms with Crippen LogP contribution in [0.5, 0.6) is 0 Å². The first-order valence-corrected chi connectivity index (χ1v) is 7.44. The summed E-state index contributed by atoms with van der Waals surface area (Å²) in [5, 5.41) is -0.360. The van der Waals surface area contributed by atoms with Crippen LogP contribution in [0.3, 0.4) is 0 Å². The molecule has 6 heteroatoms. The summed E-state index contributed by atoms with van der Waals surface area (Å²) in [5.41, 5.74) is -0.127. The summed E-state index contributed by atoms with van der Waals surface area (Å²) >= 11 is 0. The van der Waals surface area contributed by atoms with Gasteiger partial charge in [0.15, 0.2) is 5.79 Å². The molecule has 1 spiro atoms.